The Kier molecular flexibility index (Phi) is 5.32. The van der Waals surface area contributed by atoms with Gasteiger partial charge in [-0.15, -0.1) is 0 Å². The zero-order valence-electron chi connectivity index (χ0n) is 16.6. The molecule has 1 aliphatic rings. The van der Waals surface area contributed by atoms with Crippen LogP contribution in [0, 0.1) is 5.92 Å². The minimum atomic E-state index is -4.85. The highest BCUT2D eigenvalue weighted by Crippen LogP contribution is 2.38. The molecular formula is C23H23F3NO3+. The number of alkyl halides is 3. The summed E-state index contributed by atoms with van der Waals surface area (Å²) in [4.78, 5) is 14.3. The third kappa shape index (κ3) is 3.81. The molecule has 2 N–H and O–H groups in total. The van der Waals surface area contributed by atoms with Gasteiger partial charge in [0.25, 0.3) is 0 Å². The molecular weight excluding hydrogens is 395 g/mol. The first kappa shape index (κ1) is 20.5. The maximum absolute atomic E-state index is 13.9. The van der Waals surface area contributed by atoms with E-state index in [2.05, 4.69) is 6.92 Å². The minimum Gasteiger partial charge on any atom is -0.507 e. The summed E-state index contributed by atoms with van der Waals surface area (Å²) >= 11 is 0. The molecule has 0 bridgehead atoms. The summed E-state index contributed by atoms with van der Waals surface area (Å²) in [5.74, 6) is -0.879. The van der Waals surface area contributed by atoms with E-state index in [1.807, 2.05) is 0 Å². The number of rotatable bonds is 3. The number of hydrogen-bond acceptors (Lipinski definition) is 3. The Labute approximate surface area is 171 Å². The largest absolute Gasteiger partial charge is 0.507 e. The molecule has 158 valence electrons. The van der Waals surface area contributed by atoms with E-state index in [1.165, 1.54) is 24.3 Å². The summed E-state index contributed by atoms with van der Waals surface area (Å²) in [5.41, 5.74) is -1.05. The Hall–Kier alpha value is -2.80. The molecule has 0 spiro atoms. The predicted octanol–water partition coefficient (Wildman–Crippen LogP) is 4.00. The molecule has 1 aromatic heterocycles. The fraction of sp³-hybridized carbons (Fsp3) is 0.348. The van der Waals surface area contributed by atoms with Gasteiger partial charge in [-0.2, -0.15) is 13.2 Å². The number of phenolic OH excluding ortho intramolecular Hbond substituents is 1. The molecule has 1 fully saturated rings. The molecule has 0 aliphatic carbocycles. The number of aromatic hydroxyl groups is 1. The molecule has 3 aromatic rings. The first-order valence-electron chi connectivity index (χ1n) is 10.0. The van der Waals surface area contributed by atoms with Gasteiger partial charge in [0.2, 0.25) is 11.2 Å². The topological polar surface area (TPSA) is 54.9 Å². The summed E-state index contributed by atoms with van der Waals surface area (Å²) in [5, 5.41) is 10.4. The minimum absolute atomic E-state index is 0.0411. The molecule has 0 unspecified atom stereocenters. The SMILES string of the molecule is CC1CC[NH+](Cc2c(O)ccc3c(=O)c(-c4ccccc4)c(C(F)(F)F)oc23)CC1. The van der Waals surface area contributed by atoms with Gasteiger partial charge in [0, 0.05) is 0 Å². The van der Waals surface area contributed by atoms with Crippen LogP contribution >= 0.6 is 0 Å². The molecule has 30 heavy (non-hydrogen) atoms. The van der Waals surface area contributed by atoms with E-state index >= 15 is 0 Å². The van der Waals surface area contributed by atoms with Crippen molar-refractivity contribution in [2.24, 2.45) is 5.92 Å². The number of fused-ring (bicyclic) bond motifs is 1. The summed E-state index contributed by atoms with van der Waals surface area (Å²) in [6.07, 6.45) is -2.83. The van der Waals surface area contributed by atoms with Crippen molar-refractivity contribution in [3.8, 4) is 16.9 Å². The van der Waals surface area contributed by atoms with Gasteiger partial charge in [-0.3, -0.25) is 4.79 Å². The highest BCUT2D eigenvalue weighted by Gasteiger charge is 2.40. The van der Waals surface area contributed by atoms with Crippen molar-refractivity contribution in [1.29, 1.82) is 0 Å². The quantitative estimate of drug-likeness (QED) is 0.676. The second-order valence-corrected chi connectivity index (χ2v) is 8.05. The van der Waals surface area contributed by atoms with Gasteiger partial charge >= 0.3 is 6.18 Å². The van der Waals surface area contributed by atoms with E-state index in [-0.39, 0.29) is 27.8 Å². The molecule has 2 heterocycles. The number of piperidine rings is 1. The van der Waals surface area contributed by atoms with E-state index in [4.69, 9.17) is 4.42 Å². The first-order chi connectivity index (χ1) is 14.3. The van der Waals surface area contributed by atoms with Crippen molar-refractivity contribution in [3.05, 3.63) is 64.0 Å². The predicted molar refractivity (Wildman–Crippen MR) is 107 cm³/mol. The number of phenols is 1. The average Bonchev–Trinajstić information content (AvgIpc) is 2.71. The van der Waals surface area contributed by atoms with Crippen molar-refractivity contribution < 1.29 is 27.6 Å². The number of nitrogens with one attached hydrogen (secondary N) is 1. The Morgan fingerprint density at radius 2 is 1.77 bits per heavy atom. The highest BCUT2D eigenvalue weighted by atomic mass is 19.4. The van der Waals surface area contributed by atoms with E-state index in [9.17, 15) is 23.1 Å². The fourth-order valence-corrected chi connectivity index (χ4v) is 4.14. The van der Waals surface area contributed by atoms with Gasteiger partial charge in [0.15, 0.2) is 5.58 Å². The van der Waals surface area contributed by atoms with Crippen molar-refractivity contribution in [3.63, 3.8) is 0 Å². The Morgan fingerprint density at radius 1 is 1.10 bits per heavy atom. The standard InChI is InChI=1S/C23H22F3NO3/c1-14-9-11-27(12-10-14)13-17-18(28)8-7-16-20(29)19(15-5-3-2-4-6-15)22(23(24,25)26)30-21(16)17/h2-8,14,28H,9-13H2,1H3/p+1. The lowest BCUT2D eigenvalue weighted by molar-refractivity contribution is -0.919. The van der Waals surface area contributed by atoms with Crippen LogP contribution in [0.15, 0.2) is 51.7 Å². The van der Waals surface area contributed by atoms with Crippen LogP contribution in [0.1, 0.15) is 31.1 Å². The van der Waals surface area contributed by atoms with Crippen LogP contribution in [0.2, 0.25) is 0 Å². The lowest BCUT2D eigenvalue weighted by Crippen LogP contribution is -3.11. The molecule has 7 heteroatoms. The number of halogens is 3. The molecule has 4 rings (SSSR count). The van der Waals surface area contributed by atoms with Crippen molar-refractivity contribution in [2.45, 2.75) is 32.5 Å². The van der Waals surface area contributed by atoms with Crippen LogP contribution in [-0.2, 0) is 12.7 Å². The smallest absolute Gasteiger partial charge is 0.450 e. The van der Waals surface area contributed by atoms with Crippen LogP contribution in [0.3, 0.4) is 0 Å². The highest BCUT2D eigenvalue weighted by molar-refractivity contribution is 5.86. The summed E-state index contributed by atoms with van der Waals surface area (Å²) < 4.78 is 47.0. The van der Waals surface area contributed by atoms with Crippen LogP contribution in [0.5, 0.6) is 5.75 Å². The van der Waals surface area contributed by atoms with Crippen LogP contribution in [0.4, 0.5) is 13.2 Å². The van der Waals surface area contributed by atoms with Gasteiger partial charge in [-0.1, -0.05) is 37.3 Å². The number of benzene rings is 2. The molecule has 1 saturated heterocycles. The van der Waals surface area contributed by atoms with Crippen LogP contribution in [0.25, 0.3) is 22.1 Å². The maximum atomic E-state index is 13.9. The lowest BCUT2D eigenvalue weighted by atomic mass is 9.97. The third-order valence-electron chi connectivity index (χ3n) is 5.87. The van der Waals surface area contributed by atoms with E-state index in [0.717, 1.165) is 30.8 Å². The normalized spacial score (nSPS) is 19.9. The van der Waals surface area contributed by atoms with Gasteiger partial charge in [0.05, 0.1) is 29.6 Å². The monoisotopic (exact) mass is 418 g/mol. The number of quaternary nitrogens is 1. The van der Waals surface area contributed by atoms with E-state index in [1.54, 1.807) is 18.2 Å². The Balaban J connectivity index is 1.92. The second kappa shape index (κ2) is 7.80. The Morgan fingerprint density at radius 3 is 2.40 bits per heavy atom. The van der Waals surface area contributed by atoms with E-state index in [0.29, 0.717) is 12.5 Å². The first-order valence-corrected chi connectivity index (χ1v) is 10.0. The van der Waals surface area contributed by atoms with Crippen molar-refractivity contribution in [1.82, 2.24) is 0 Å². The van der Waals surface area contributed by atoms with Crippen molar-refractivity contribution in [2.75, 3.05) is 13.1 Å². The maximum Gasteiger partial charge on any atom is 0.450 e. The number of likely N-dealkylation sites (tertiary alicyclic amines) is 1. The Bertz CT molecular complexity index is 1110. The fourth-order valence-electron chi connectivity index (χ4n) is 4.14. The molecule has 0 atom stereocenters. The van der Waals surface area contributed by atoms with E-state index < -0.39 is 22.9 Å². The zero-order chi connectivity index (χ0) is 21.5. The molecule has 0 amide bonds. The molecule has 4 nitrogen and oxygen atoms in total. The molecule has 2 aromatic carbocycles. The van der Waals surface area contributed by atoms with Crippen molar-refractivity contribution >= 4 is 11.0 Å². The summed E-state index contributed by atoms with van der Waals surface area (Å²) in [7, 11) is 0. The third-order valence-corrected chi connectivity index (χ3v) is 5.87. The average molecular weight is 418 g/mol. The zero-order valence-corrected chi connectivity index (χ0v) is 16.6. The molecule has 0 radical (unpaired) electrons. The van der Waals surface area contributed by atoms with Gasteiger partial charge < -0.3 is 14.4 Å². The second-order valence-electron chi connectivity index (χ2n) is 8.05. The number of hydrogen-bond donors (Lipinski definition) is 2. The summed E-state index contributed by atoms with van der Waals surface area (Å²) in [6.45, 7) is 4.19. The van der Waals surface area contributed by atoms with Gasteiger partial charge in [-0.05, 0) is 36.5 Å². The van der Waals surface area contributed by atoms with Crippen LogP contribution < -0.4 is 10.3 Å². The molecule has 0 saturated carbocycles. The van der Waals surface area contributed by atoms with Crippen LogP contribution in [-0.4, -0.2) is 18.2 Å². The summed E-state index contributed by atoms with van der Waals surface area (Å²) in [6, 6.07) is 10.4. The lowest BCUT2D eigenvalue weighted by Gasteiger charge is -2.27. The van der Waals surface area contributed by atoms with Gasteiger partial charge in [0.1, 0.15) is 12.3 Å². The van der Waals surface area contributed by atoms with Gasteiger partial charge in [-0.25, -0.2) is 0 Å². The molecule has 1 aliphatic heterocycles.